The summed E-state index contributed by atoms with van der Waals surface area (Å²) < 4.78 is 149. The number of likely N-dealkylation sites (N-methyl/N-ethyl adjacent to an activating group) is 7. The molecule has 3 N–H and O–H groups in total. The predicted molar refractivity (Wildman–Crippen MR) is 370 cm³/mol. The standard InChI is InChI=1S/C73H98F10N12O13/c1-12-41(3)60-68(105)89(7)40-58(98)90(8)50-22-15-14-18-31-94(67(50)104)54(34-42-23-26-45(27-24-42)72(78,79)80)66(103)88(6)39-56(96)84-49(28-25-43-32-47(74)59(48(75)33-43)73(81,82)83)64(101)95-38-46(108-13-2)35-52(95)63(100)86-71(29-19-30-71)70(107)93(11)61(44-20-16-17-21-44)69(106)92(10)53(65(102)87(4)5)37-57(97)91(9)51(36-55(76)77)62(99)85-60/h14-15,23-24,26-27,32-33,41,44,46,49-55,60-61H,12-13,16-22,25,28-31,34-40H2,1-11H3,(H,84,96)(H,85,99)(H,86,100)/b15-14-/t41-,46+,49-,50-,51-,52-,53-,54-,60-,61-/m0/s1. The molecule has 7 rings (SSSR count). The summed E-state index contributed by atoms with van der Waals surface area (Å²) in [5.74, 6) is -17.1. The van der Waals surface area contributed by atoms with Crippen LogP contribution in [0.25, 0.3) is 0 Å². The van der Waals surface area contributed by atoms with Crippen molar-refractivity contribution in [2.75, 3.05) is 89.2 Å². The third kappa shape index (κ3) is 20.5. The Bertz CT molecular complexity index is 3650. The van der Waals surface area contributed by atoms with Crippen molar-refractivity contribution in [3.63, 3.8) is 0 Å². The van der Waals surface area contributed by atoms with E-state index in [2.05, 4.69) is 16.0 Å². The number of nitrogens with zero attached hydrogens (tertiary/aromatic N) is 9. The normalized spacial score (nSPS) is 26.1. The molecule has 3 aliphatic heterocycles. The number of ether oxygens (including phenoxy) is 1. The van der Waals surface area contributed by atoms with E-state index in [0.29, 0.717) is 49.1 Å². The molecule has 0 aromatic heterocycles. The number of hydrogen-bond acceptors (Lipinski definition) is 13. The lowest BCUT2D eigenvalue weighted by Gasteiger charge is -2.46. The van der Waals surface area contributed by atoms with Crippen molar-refractivity contribution in [2.24, 2.45) is 11.8 Å². The second kappa shape index (κ2) is 36.5. The summed E-state index contributed by atoms with van der Waals surface area (Å²) in [7, 11) is 9.72. The highest BCUT2D eigenvalue weighted by molar-refractivity contribution is 6.01. The van der Waals surface area contributed by atoms with Gasteiger partial charge in [0.25, 0.3) is 0 Å². The summed E-state index contributed by atoms with van der Waals surface area (Å²) in [5, 5.41) is 7.85. The summed E-state index contributed by atoms with van der Waals surface area (Å²) in [6, 6.07) is -8.96. The number of nitrogens with one attached hydrogen (secondary N) is 3. The molecule has 0 unspecified atom stereocenters. The van der Waals surface area contributed by atoms with Gasteiger partial charge in [0.05, 0.1) is 31.2 Å². The highest BCUT2D eigenvalue weighted by atomic mass is 19.4. The number of carbonyl (C=O) groups excluding carboxylic acids is 12. The Morgan fingerprint density at radius 2 is 1.30 bits per heavy atom. The fourth-order valence-electron chi connectivity index (χ4n) is 14.8. The van der Waals surface area contributed by atoms with Crippen molar-refractivity contribution in [1.29, 1.82) is 0 Å². The van der Waals surface area contributed by atoms with Gasteiger partial charge in [-0.25, -0.2) is 17.6 Å². The smallest absolute Gasteiger partial charge is 0.377 e. The third-order valence-electron chi connectivity index (χ3n) is 21.4. The molecule has 2 aromatic carbocycles. The number of rotatable bonds is 13. The summed E-state index contributed by atoms with van der Waals surface area (Å²) in [4.78, 5) is 188. The minimum Gasteiger partial charge on any atom is -0.377 e. The fraction of sp³-hybridized carbons (Fsp3) is 0.644. The average molecular weight is 1540 g/mol. The highest BCUT2D eigenvalue weighted by Crippen LogP contribution is 2.40. The predicted octanol–water partition coefficient (Wildman–Crippen LogP) is 5.35. The first-order valence-electron chi connectivity index (χ1n) is 36.1. The molecule has 598 valence electrons. The Balaban J connectivity index is 1.35. The molecule has 25 nitrogen and oxygen atoms in total. The van der Waals surface area contributed by atoms with Crippen LogP contribution < -0.4 is 16.0 Å². The van der Waals surface area contributed by atoms with Crippen LogP contribution in [-0.4, -0.2) is 271 Å². The number of amides is 12. The van der Waals surface area contributed by atoms with Crippen LogP contribution >= 0.6 is 0 Å². The Kier molecular flexibility index (Phi) is 29.2. The number of hydrogen-bond donors (Lipinski definition) is 3. The van der Waals surface area contributed by atoms with Gasteiger partial charge in [0, 0.05) is 95.3 Å². The molecule has 0 radical (unpaired) electrons. The molecule has 12 amide bonds. The topological polar surface area (TPSA) is 279 Å². The second-order valence-corrected chi connectivity index (χ2v) is 29.0. The first-order valence-corrected chi connectivity index (χ1v) is 36.1. The van der Waals surface area contributed by atoms with Crippen LogP contribution in [0.2, 0.25) is 0 Å². The van der Waals surface area contributed by atoms with Gasteiger partial charge in [0.1, 0.15) is 71.1 Å². The van der Waals surface area contributed by atoms with E-state index in [0.717, 1.165) is 77.6 Å². The SMILES string of the molecule is CCO[C@@H]1C[C@H]2C(=O)NC3(CCC3)C(=O)N(C)[C@@H](C3CCCC3)C(=O)N(C)[C@H](C(=O)N(C)C)CC(=O)N(C)[C@@H](CC(F)F)C(=O)N[C@@H]([C@@H](C)CC)C(=O)N(C)CC(=O)N(C)[C@H]3C/C=C\CCN(C3=O)[C@@H](Cc3ccc(C(F)(F)F)cc3)C(=O)N(C)CC(=O)N[C@@H](CCc3cc(F)c(C(F)(F)F)c(F)c3)C(=O)N2C1. The molecule has 4 fully saturated rings. The molecule has 2 saturated heterocycles. The van der Waals surface area contributed by atoms with Gasteiger partial charge < -0.3 is 64.8 Å². The molecule has 10 atom stereocenters. The maximum Gasteiger partial charge on any atom is 0.422 e. The van der Waals surface area contributed by atoms with E-state index in [4.69, 9.17) is 4.74 Å². The van der Waals surface area contributed by atoms with Crippen LogP contribution in [0.4, 0.5) is 43.9 Å². The first kappa shape index (κ1) is 86.3. The van der Waals surface area contributed by atoms with Crippen molar-refractivity contribution in [2.45, 2.75) is 202 Å². The summed E-state index contributed by atoms with van der Waals surface area (Å²) in [5.41, 5.74) is -5.42. The fourth-order valence-corrected chi connectivity index (χ4v) is 14.8. The zero-order valence-electron chi connectivity index (χ0n) is 62.5. The summed E-state index contributed by atoms with van der Waals surface area (Å²) in [6.07, 6.45) is -13.3. The van der Waals surface area contributed by atoms with Crippen molar-refractivity contribution in [1.82, 2.24) is 60.0 Å². The van der Waals surface area contributed by atoms with Crippen LogP contribution in [0.5, 0.6) is 0 Å². The van der Waals surface area contributed by atoms with Crippen molar-refractivity contribution in [3.8, 4) is 0 Å². The van der Waals surface area contributed by atoms with E-state index >= 15 is 37.5 Å². The largest absolute Gasteiger partial charge is 0.422 e. The highest BCUT2D eigenvalue weighted by Gasteiger charge is 2.54. The quantitative estimate of drug-likeness (QED) is 0.169. The first-order chi connectivity index (χ1) is 50.6. The molecule has 2 bridgehead atoms. The van der Waals surface area contributed by atoms with E-state index in [1.54, 1.807) is 32.9 Å². The van der Waals surface area contributed by atoms with Gasteiger partial charge >= 0.3 is 12.4 Å². The summed E-state index contributed by atoms with van der Waals surface area (Å²) in [6.45, 7) is 2.36. The minimum absolute atomic E-state index is 0.0194. The van der Waals surface area contributed by atoms with Crippen molar-refractivity contribution in [3.05, 3.63) is 82.4 Å². The number of carbonyl (C=O) groups is 12. The van der Waals surface area contributed by atoms with E-state index < -0.39 is 235 Å². The molecular formula is C73H98F10N12O13. The summed E-state index contributed by atoms with van der Waals surface area (Å²) >= 11 is 0. The van der Waals surface area contributed by atoms with Crippen LogP contribution in [0, 0.1) is 23.5 Å². The van der Waals surface area contributed by atoms with E-state index in [-0.39, 0.29) is 63.8 Å². The Labute approximate surface area is 620 Å². The number of fused-ring (bicyclic) bond motifs is 3. The lowest BCUT2D eigenvalue weighted by atomic mass is 9.74. The zero-order valence-corrected chi connectivity index (χ0v) is 62.5. The number of benzene rings is 2. The molecular weight excluding hydrogens is 1440 g/mol. The monoisotopic (exact) mass is 1540 g/mol. The van der Waals surface area contributed by atoms with Crippen LogP contribution in [0.3, 0.4) is 0 Å². The van der Waals surface area contributed by atoms with Gasteiger partial charge in [-0.05, 0) is 112 Å². The Morgan fingerprint density at radius 3 is 1.85 bits per heavy atom. The molecule has 2 aliphatic carbocycles. The maximum absolute atomic E-state index is 15.4. The van der Waals surface area contributed by atoms with Gasteiger partial charge in [-0.1, -0.05) is 57.4 Å². The molecule has 2 saturated carbocycles. The molecule has 2 aromatic rings. The lowest BCUT2D eigenvalue weighted by molar-refractivity contribution is -0.158. The van der Waals surface area contributed by atoms with E-state index in [1.807, 2.05) is 0 Å². The Morgan fingerprint density at radius 1 is 0.676 bits per heavy atom. The van der Waals surface area contributed by atoms with Gasteiger partial charge in [-0.2, -0.15) is 26.3 Å². The van der Waals surface area contributed by atoms with Gasteiger partial charge in [0.2, 0.25) is 77.3 Å². The van der Waals surface area contributed by atoms with Gasteiger partial charge in [-0.3, -0.25) is 57.5 Å². The lowest BCUT2D eigenvalue weighted by Crippen LogP contribution is -2.68. The molecule has 108 heavy (non-hydrogen) atoms. The van der Waals surface area contributed by atoms with E-state index in [9.17, 15) is 63.9 Å². The van der Waals surface area contributed by atoms with Gasteiger partial charge in [0.15, 0.2) is 0 Å². The second-order valence-electron chi connectivity index (χ2n) is 29.0. The molecule has 1 spiro atoms. The molecule has 3 heterocycles. The van der Waals surface area contributed by atoms with Crippen LogP contribution in [0.1, 0.15) is 133 Å². The maximum atomic E-state index is 15.4. The average Bonchev–Trinajstić information content (AvgIpc) is 1.18. The molecule has 35 heteroatoms. The number of aryl methyl sites for hydroxylation is 1. The zero-order chi connectivity index (χ0) is 80.4. The number of halogens is 10. The van der Waals surface area contributed by atoms with Crippen LogP contribution in [-0.2, 0) is 87.5 Å². The van der Waals surface area contributed by atoms with E-state index in [1.165, 1.54) is 42.3 Å². The number of alkyl halides is 8. The third-order valence-corrected chi connectivity index (χ3v) is 21.4. The van der Waals surface area contributed by atoms with Crippen molar-refractivity contribution < 1.29 is 106 Å². The Hall–Kier alpha value is -8.92. The molecule has 5 aliphatic rings. The van der Waals surface area contributed by atoms with Crippen molar-refractivity contribution >= 4 is 70.9 Å². The van der Waals surface area contributed by atoms with Crippen LogP contribution in [0.15, 0.2) is 48.6 Å². The minimum atomic E-state index is -5.48. The van der Waals surface area contributed by atoms with Gasteiger partial charge in [-0.15, -0.1) is 0 Å².